The van der Waals surface area contributed by atoms with Crippen LogP contribution in [0, 0.1) is 6.92 Å². The quantitative estimate of drug-likeness (QED) is 0.297. The third-order valence-electron chi connectivity index (χ3n) is 5.94. The van der Waals surface area contributed by atoms with Gasteiger partial charge in [-0.3, -0.25) is 19.5 Å². The number of carbonyl (C=O) groups is 2. The fourth-order valence-corrected chi connectivity index (χ4v) is 4.54. The molecule has 0 bridgehead atoms. The van der Waals surface area contributed by atoms with Gasteiger partial charge < -0.3 is 20.8 Å². The Morgan fingerprint density at radius 1 is 1.23 bits per heavy atom. The fraction of sp³-hybridized carbons (Fsp3) is 0.250. The van der Waals surface area contributed by atoms with Crippen molar-refractivity contribution in [2.45, 2.75) is 25.9 Å². The number of aryl methyl sites for hydroxylation is 1. The Balaban J connectivity index is 1.47. The van der Waals surface area contributed by atoms with Gasteiger partial charge in [0.25, 0.3) is 11.8 Å². The Labute approximate surface area is 209 Å². The highest BCUT2D eigenvalue weighted by atomic mass is 79.9. The minimum absolute atomic E-state index is 0.0188. The summed E-state index contributed by atoms with van der Waals surface area (Å²) in [6, 6.07) is 11.2. The number of nitrogens with one attached hydrogen (secondary N) is 3. The summed E-state index contributed by atoms with van der Waals surface area (Å²) in [7, 11) is 0. The zero-order valence-electron chi connectivity index (χ0n) is 19.0. The molecule has 0 spiro atoms. The zero-order chi connectivity index (χ0) is 24.5. The van der Waals surface area contributed by atoms with Crippen molar-refractivity contribution in [1.29, 1.82) is 0 Å². The number of anilines is 1. The maximum Gasteiger partial charge on any atom is 0.277 e. The summed E-state index contributed by atoms with van der Waals surface area (Å²) in [5.41, 5.74) is 8.33. The monoisotopic (exact) mass is 537 g/mol. The van der Waals surface area contributed by atoms with Crippen molar-refractivity contribution in [2.75, 3.05) is 18.4 Å². The topological polar surface area (TPSA) is 140 Å². The normalized spacial score (nSPS) is 14.2. The molecule has 1 saturated heterocycles. The van der Waals surface area contributed by atoms with E-state index in [-0.39, 0.29) is 23.4 Å². The van der Waals surface area contributed by atoms with E-state index in [9.17, 15) is 9.59 Å². The van der Waals surface area contributed by atoms with E-state index in [4.69, 9.17) is 10.5 Å². The largest absolute Gasteiger partial charge is 0.488 e. The molecule has 5 rings (SSSR count). The Morgan fingerprint density at radius 2 is 2.03 bits per heavy atom. The number of H-pyrrole nitrogens is 1. The number of rotatable bonds is 6. The number of carbonyl (C=O) groups excluding carboxylic acids is 2. The van der Waals surface area contributed by atoms with Crippen molar-refractivity contribution in [2.24, 2.45) is 5.73 Å². The number of para-hydroxylation sites is 1. The van der Waals surface area contributed by atoms with Crippen molar-refractivity contribution in [1.82, 2.24) is 24.8 Å². The number of imidazole rings is 2. The second-order valence-electron chi connectivity index (χ2n) is 8.36. The smallest absolute Gasteiger partial charge is 0.277 e. The van der Waals surface area contributed by atoms with Crippen molar-refractivity contribution in [3.8, 4) is 11.4 Å². The molecule has 2 aromatic heterocycles. The number of nitrogens with two attached hydrogens (primary N) is 1. The van der Waals surface area contributed by atoms with E-state index < -0.39 is 11.8 Å². The molecule has 1 aliphatic heterocycles. The molecule has 2 aromatic carbocycles. The number of nitrogens with zero attached hydrogens (tertiary/aromatic N) is 3. The molecule has 0 atom stereocenters. The average Bonchev–Trinajstić information content (AvgIpc) is 3.46. The molecule has 0 aliphatic carbocycles. The highest BCUT2D eigenvalue weighted by Crippen LogP contribution is 2.28. The van der Waals surface area contributed by atoms with E-state index >= 15 is 0 Å². The lowest BCUT2D eigenvalue weighted by molar-refractivity contribution is 0.0970. The van der Waals surface area contributed by atoms with Gasteiger partial charge in [0.05, 0.1) is 11.2 Å². The number of primary amides is 1. The third-order valence-corrected chi connectivity index (χ3v) is 6.43. The van der Waals surface area contributed by atoms with Gasteiger partial charge in [0.2, 0.25) is 5.95 Å². The zero-order valence-corrected chi connectivity index (χ0v) is 20.6. The first-order chi connectivity index (χ1) is 16.9. The van der Waals surface area contributed by atoms with E-state index in [2.05, 4.69) is 41.5 Å². The van der Waals surface area contributed by atoms with Crippen molar-refractivity contribution in [3.05, 3.63) is 64.1 Å². The van der Waals surface area contributed by atoms with Crippen LogP contribution in [0.3, 0.4) is 0 Å². The van der Waals surface area contributed by atoms with Gasteiger partial charge in [-0.1, -0.05) is 28.1 Å². The third kappa shape index (κ3) is 4.64. The molecule has 10 nitrogen and oxygen atoms in total. The Bertz CT molecular complexity index is 1420. The predicted molar refractivity (Wildman–Crippen MR) is 135 cm³/mol. The Hall–Kier alpha value is -3.70. The molecule has 5 N–H and O–H groups in total. The SMILES string of the molecule is Cc1ccc(Br)cc1-n1cnc(C(N)=O)c1C(=O)Nc1nc2cccc(OC3CCNCC3)c2[nH]1. The Kier molecular flexibility index (Phi) is 6.27. The van der Waals surface area contributed by atoms with Crippen LogP contribution in [0.5, 0.6) is 5.75 Å². The summed E-state index contributed by atoms with van der Waals surface area (Å²) in [6.07, 6.45) is 3.36. The summed E-state index contributed by atoms with van der Waals surface area (Å²) in [5, 5.41) is 6.07. The second kappa shape index (κ2) is 9.51. The van der Waals surface area contributed by atoms with Gasteiger partial charge >= 0.3 is 0 Å². The first kappa shape index (κ1) is 23.1. The number of halogens is 1. The molecule has 180 valence electrons. The summed E-state index contributed by atoms with van der Waals surface area (Å²) in [5.74, 6) is -0.477. The van der Waals surface area contributed by atoms with E-state index in [0.717, 1.165) is 36.0 Å². The number of ether oxygens (including phenoxy) is 1. The molecule has 0 radical (unpaired) electrons. The summed E-state index contributed by atoms with van der Waals surface area (Å²) in [4.78, 5) is 37.2. The van der Waals surface area contributed by atoms with Crippen LogP contribution in [0.1, 0.15) is 39.4 Å². The molecule has 2 amide bonds. The molecule has 4 aromatic rings. The van der Waals surface area contributed by atoms with Crippen LogP contribution in [0.15, 0.2) is 47.2 Å². The molecule has 0 saturated carbocycles. The fourth-order valence-electron chi connectivity index (χ4n) is 4.19. The minimum atomic E-state index is -0.802. The van der Waals surface area contributed by atoms with Gasteiger partial charge in [0.1, 0.15) is 29.4 Å². The van der Waals surface area contributed by atoms with Crippen LogP contribution in [-0.4, -0.2) is 50.5 Å². The molecule has 11 heteroatoms. The van der Waals surface area contributed by atoms with Crippen LogP contribution in [0.4, 0.5) is 5.95 Å². The maximum atomic E-state index is 13.4. The number of hydrogen-bond donors (Lipinski definition) is 4. The lowest BCUT2D eigenvalue weighted by Gasteiger charge is -2.23. The lowest BCUT2D eigenvalue weighted by Crippen LogP contribution is -2.34. The second-order valence-corrected chi connectivity index (χ2v) is 9.28. The van der Waals surface area contributed by atoms with E-state index in [0.29, 0.717) is 22.5 Å². The number of aromatic nitrogens is 4. The van der Waals surface area contributed by atoms with Crippen molar-refractivity contribution >= 4 is 44.7 Å². The average molecular weight is 538 g/mol. The highest BCUT2D eigenvalue weighted by Gasteiger charge is 2.25. The van der Waals surface area contributed by atoms with Crippen LogP contribution < -0.4 is 21.1 Å². The summed E-state index contributed by atoms with van der Waals surface area (Å²) in [6.45, 7) is 3.73. The van der Waals surface area contributed by atoms with E-state index in [1.807, 2.05) is 43.3 Å². The maximum absolute atomic E-state index is 13.4. The number of piperidine rings is 1. The molecule has 1 aliphatic rings. The molecule has 3 heterocycles. The minimum Gasteiger partial charge on any atom is -0.488 e. The van der Waals surface area contributed by atoms with Crippen molar-refractivity contribution in [3.63, 3.8) is 0 Å². The lowest BCUT2D eigenvalue weighted by atomic mass is 10.1. The Morgan fingerprint density at radius 3 is 2.80 bits per heavy atom. The van der Waals surface area contributed by atoms with Crippen LogP contribution in [-0.2, 0) is 0 Å². The number of fused-ring (bicyclic) bond motifs is 1. The first-order valence-corrected chi connectivity index (χ1v) is 12.0. The highest BCUT2D eigenvalue weighted by molar-refractivity contribution is 9.10. The van der Waals surface area contributed by atoms with Gasteiger partial charge in [0.15, 0.2) is 5.69 Å². The van der Waals surface area contributed by atoms with E-state index in [1.165, 1.54) is 6.33 Å². The number of benzene rings is 2. The number of amides is 2. The predicted octanol–water partition coefficient (Wildman–Crippen LogP) is 3.30. The molecule has 0 unspecified atom stereocenters. The van der Waals surface area contributed by atoms with Gasteiger partial charge in [-0.15, -0.1) is 0 Å². The first-order valence-electron chi connectivity index (χ1n) is 11.2. The molecular formula is C24H24BrN7O3. The van der Waals surface area contributed by atoms with Gasteiger partial charge in [-0.2, -0.15) is 0 Å². The van der Waals surface area contributed by atoms with Gasteiger partial charge in [-0.25, -0.2) is 9.97 Å². The number of aromatic amines is 1. The van der Waals surface area contributed by atoms with Gasteiger partial charge in [0, 0.05) is 4.47 Å². The summed E-state index contributed by atoms with van der Waals surface area (Å²) >= 11 is 3.45. The van der Waals surface area contributed by atoms with Crippen LogP contribution in [0.2, 0.25) is 0 Å². The summed E-state index contributed by atoms with van der Waals surface area (Å²) < 4.78 is 8.57. The molecule has 35 heavy (non-hydrogen) atoms. The molecular weight excluding hydrogens is 514 g/mol. The van der Waals surface area contributed by atoms with Crippen LogP contribution in [0.25, 0.3) is 16.7 Å². The number of hydrogen-bond acceptors (Lipinski definition) is 6. The van der Waals surface area contributed by atoms with Crippen LogP contribution >= 0.6 is 15.9 Å². The van der Waals surface area contributed by atoms with Crippen molar-refractivity contribution < 1.29 is 14.3 Å². The van der Waals surface area contributed by atoms with Gasteiger partial charge in [-0.05, 0) is 62.7 Å². The standard InChI is InChI=1S/C24H24BrN7O3/c1-13-5-6-14(25)11-17(13)32-12-28-20(22(26)33)21(32)23(34)31-24-29-16-3-2-4-18(19(16)30-24)35-15-7-9-27-10-8-15/h2-6,11-12,15,27H,7-10H2,1H3,(H2,26,33)(H2,29,30,31,34). The molecule has 1 fully saturated rings. The van der Waals surface area contributed by atoms with E-state index in [1.54, 1.807) is 4.57 Å².